The maximum atomic E-state index is 9.72. The van der Waals surface area contributed by atoms with Gasteiger partial charge in [0.05, 0.1) is 6.42 Å². The zero-order chi connectivity index (χ0) is 10.1. The second kappa shape index (κ2) is 11.9. The van der Waals surface area contributed by atoms with E-state index < -0.39 is 24.5 Å². The van der Waals surface area contributed by atoms with Crippen LogP contribution in [0.2, 0.25) is 0 Å². The first kappa shape index (κ1) is 18.7. The third-order valence-corrected chi connectivity index (χ3v) is 0.653. The summed E-state index contributed by atoms with van der Waals surface area (Å²) in [6, 6.07) is 0. The Labute approximate surface area is 115 Å². The molecule has 0 aliphatic heterocycles. The number of aliphatic hydroxyl groups excluding tert-OH is 1. The van der Waals surface area contributed by atoms with Crippen molar-refractivity contribution >= 4 is 11.9 Å². The molecule has 0 aromatic rings. The van der Waals surface area contributed by atoms with Crippen LogP contribution in [-0.2, 0) is 9.59 Å². The number of aliphatic carboxylic acids is 2. The van der Waals surface area contributed by atoms with Gasteiger partial charge in [-0.25, -0.2) is 4.79 Å². The molecule has 1 unspecified atom stereocenters. The first-order valence-corrected chi connectivity index (χ1v) is 2.53. The van der Waals surface area contributed by atoms with Gasteiger partial charge in [0.15, 0.2) is 6.10 Å². The molecule has 0 heterocycles. The smallest absolute Gasteiger partial charge is 0.481 e. The fraction of sp³-hybridized carbons (Fsp3) is 0.500. The molecule has 0 saturated heterocycles. The Morgan fingerprint density at radius 1 is 1.38 bits per heavy atom. The standard InChI is InChI=1S/C4H6O5.K.HNO2/c5-2(4(8)9)1-3(6)7;;2-1-3/h2,5H,1H2,(H,6,7)(H,8,9);;(H,2,3)/q;+1;/p-1. The maximum absolute atomic E-state index is 9.72. The Kier molecular flexibility index (Phi) is 17.1. The van der Waals surface area contributed by atoms with Crippen LogP contribution in [0.4, 0.5) is 0 Å². The molecule has 0 aliphatic carbocycles. The van der Waals surface area contributed by atoms with E-state index >= 15 is 0 Å². The molecule has 13 heavy (non-hydrogen) atoms. The summed E-state index contributed by atoms with van der Waals surface area (Å²) in [4.78, 5) is 27.4. The summed E-state index contributed by atoms with van der Waals surface area (Å²) in [5.74, 6) is -2.85. The Balaban J connectivity index is -0.000000220. The van der Waals surface area contributed by atoms with Crippen LogP contribution in [0.15, 0.2) is 5.34 Å². The maximum Gasteiger partial charge on any atom is 1.00 e. The van der Waals surface area contributed by atoms with Gasteiger partial charge in [0.1, 0.15) is 0 Å². The van der Waals surface area contributed by atoms with Gasteiger partial charge in [0.25, 0.3) is 0 Å². The van der Waals surface area contributed by atoms with Gasteiger partial charge in [0, 0.05) is 0 Å². The number of nitrogens with zero attached hydrogens (tertiary/aromatic N) is 1. The SMILES string of the molecule is O=C(O)CC(O)C(=O)O.O=N[O-].[K+]. The van der Waals surface area contributed by atoms with Gasteiger partial charge in [-0.2, -0.15) is 0 Å². The molecule has 0 saturated carbocycles. The van der Waals surface area contributed by atoms with Crippen molar-refractivity contribution in [1.82, 2.24) is 0 Å². The number of carbonyl (C=O) groups is 2. The zero-order valence-electron chi connectivity index (χ0n) is 6.71. The first-order valence-electron chi connectivity index (χ1n) is 2.53. The molecule has 0 spiro atoms. The van der Waals surface area contributed by atoms with Gasteiger partial charge in [0.2, 0.25) is 0 Å². The average molecular weight is 219 g/mol. The van der Waals surface area contributed by atoms with Crippen LogP contribution in [0.1, 0.15) is 6.42 Å². The topological polar surface area (TPSA) is 147 Å². The number of hydrogen-bond acceptors (Lipinski definition) is 6. The molecule has 1 atom stereocenters. The molecule has 0 aliphatic rings. The molecule has 0 fully saturated rings. The van der Waals surface area contributed by atoms with Crippen molar-refractivity contribution < 1.29 is 76.3 Å². The second-order valence-corrected chi connectivity index (χ2v) is 1.53. The largest absolute Gasteiger partial charge is 1.00 e. The normalized spacial score (nSPS) is 9.62. The number of carboxylic acid groups (broad SMARTS) is 2. The van der Waals surface area contributed by atoms with Crippen LogP contribution < -0.4 is 51.4 Å². The van der Waals surface area contributed by atoms with Crippen LogP contribution in [0, 0.1) is 10.1 Å². The summed E-state index contributed by atoms with van der Waals surface area (Å²) in [5.41, 5.74) is 0. The quantitative estimate of drug-likeness (QED) is 0.250. The fourth-order valence-corrected chi connectivity index (χ4v) is 0.253. The monoisotopic (exact) mass is 219 g/mol. The molecule has 0 rings (SSSR count). The minimum Gasteiger partial charge on any atom is -0.481 e. The van der Waals surface area contributed by atoms with E-state index in [-0.39, 0.29) is 51.4 Å². The van der Waals surface area contributed by atoms with Gasteiger partial charge >= 0.3 is 63.3 Å². The summed E-state index contributed by atoms with van der Waals surface area (Å²) >= 11 is 0. The van der Waals surface area contributed by atoms with Crippen molar-refractivity contribution in [3.63, 3.8) is 0 Å². The third kappa shape index (κ3) is 18.7. The molecular formula is C4H6KNO7. The molecular weight excluding hydrogens is 213 g/mol. The Morgan fingerprint density at radius 2 is 1.69 bits per heavy atom. The van der Waals surface area contributed by atoms with E-state index in [9.17, 15) is 9.59 Å². The van der Waals surface area contributed by atoms with Gasteiger partial charge in [-0.1, -0.05) is 0 Å². The van der Waals surface area contributed by atoms with Gasteiger partial charge in [-0.3, -0.25) is 4.79 Å². The van der Waals surface area contributed by atoms with Crippen LogP contribution in [0.25, 0.3) is 0 Å². The van der Waals surface area contributed by atoms with E-state index in [0.717, 1.165) is 5.34 Å². The molecule has 0 aromatic carbocycles. The molecule has 3 N–H and O–H groups in total. The van der Waals surface area contributed by atoms with Crippen LogP contribution in [0.3, 0.4) is 0 Å². The van der Waals surface area contributed by atoms with Crippen molar-refractivity contribution in [3.8, 4) is 0 Å². The number of hydrogen-bond donors (Lipinski definition) is 3. The molecule has 9 heteroatoms. The van der Waals surface area contributed by atoms with E-state index in [0.29, 0.717) is 0 Å². The molecule has 70 valence electrons. The van der Waals surface area contributed by atoms with Crippen LogP contribution in [-0.4, -0.2) is 33.4 Å². The summed E-state index contributed by atoms with van der Waals surface area (Å²) < 4.78 is 0. The minimum absolute atomic E-state index is 0. The van der Waals surface area contributed by atoms with E-state index in [1.54, 1.807) is 0 Å². The van der Waals surface area contributed by atoms with Crippen LogP contribution >= 0.6 is 0 Å². The average Bonchev–Trinajstić information content (AvgIpc) is 1.87. The van der Waals surface area contributed by atoms with Crippen molar-refractivity contribution in [2.75, 3.05) is 0 Å². The van der Waals surface area contributed by atoms with Gasteiger partial charge in [-0.05, 0) is 0 Å². The summed E-state index contributed by atoms with van der Waals surface area (Å²) in [5, 5.41) is 33.1. The van der Waals surface area contributed by atoms with E-state index in [1.807, 2.05) is 0 Å². The number of aliphatic hydroxyl groups is 1. The Morgan fingerprint density at radius 3 is 1.77 bits per heavy atom. The van der Waals surface area contributed by atoms with E-state index in [1.165, 1.54) is 0 Å². The first-order chi connectivity index (χ1) is 5.45. The van der Waals surface area contributed by atoms with Crippen molar-refractivity contribution in [2.45, 2.75) is 12.5 Å². The predicted molar refractivity (Wildman–Crippen MR) is 35.1 cm³/mol. The zero-order valence-corrected chi connectivity index (χ0v) is 9.83. The molecule has 8 nitrogen and oxygen atoms in total. The van der Waals surface area contributed by atoms with E-state index in [4.69, 9.17) is 25.4 Å². The Bertz CT molecular complexity index is 172. The van der Waals surface area contributed by atoms with Crippen molar-refractivity contribution in [3.05, 3.63) is 10.1 Å². The number of rotatable bonds is 3. The molecule has 0 aromatic heterocycles. The second-order valence-electron chi connectivity index (χ2n) is 1.53. The molecule has 0 bridgehead atoms. The van der Waals surface area contributed by atoms with Gasteiger partial charge in [-0.15, -0.1) is 5.34 Å². The Hall–Kier alpha value is -0.0636. The fourth-order valence-electron chi connectivity index (χ4n) is 0.253. The van der Waals surface area contributed by atoms with Crippen LogP contribution in [0.5, 0.6) is 0 Å². The third-order valence-electron chi connectivity index (χ3n) is 0.653. The van der Waals surface area contributed by atoms with Gasteiger partial charge < -0.3 is 25.4 Å². The molecule has 0 amide bonds. The minimum atomic E-state index is -1.79. The summed E-state index contributed by atoms with van der Waals surface area (Å²) in [6.07, 6.45) is -2.54. The summed E-state index contributed by atoms with van der Waals surface area (Å²) in [6.45, 7) is 0. The molecule has 0 radical (unpaired) electrons. The summed E-state index contributed by atoms with van der Waals surface area (Å²) in [7, 11) is 0. The van der Waals surface area contributed by atoms with Crippen molar-refractivity contribution in [2.24, 2.45) is 5.34 Å². The van der Waals surface area contributed by atoms with Crippen molar-refractivity contribution in [1.29, 1.82) is 0 Å². The van der Waals surface area contributed by atoms with E-state index in [2.05, 4.69) is 0 Å². The number of carboxylic acids is 2. The predicted octanol–water partition coefficient (Wildman–Crippen LogP) is -3.84.